The molecule has 9 heteroatoms. The number of hydrogen-bond donors (Lipinski definition) is 3. The Labute approximate surface area is 174 Å². The molecule has 1 unspecified atom stereocenters. The second-order valence-corrected chi connectivity index (χ2v) is 8.24. The van der Waals surface area contributed by atoms with Crippen LogP contribution in [0.3, 0.4) is 0 Å². The van der Waals surface area contributed by atoms with Gasteiger partial charge in [-0.2, -0.15) is 0 Å². The smallest absolute Gasteiger partial charge is 0.262 e. The summed E-state index contributed by atoms with van der Waals surface area (Å²) in [5.74, 6) is -1.99. The first-order valence-electron chi connectivity index (χ1n) is 10.2. The van der Waals surface area contributed by atoms with E-state index in [0.717, 1.165) is 36.5 Å². The van der Waals surface area contributed by atoms with Gasteiger partial charge in [-0.15, -0.1) is 0 Å². The molecule has 160 valence electrons. The Morgan fingerprint density at radius 2 is 1.87 bits per heavy atom. The van der Waals surface area contributed by atoms with E-state index in [4.69, 9.17) is 4.74 Å². The molecule has 4 rings (SSSR count). The topological polar surface area (TPSA) is 117 Å². The van der Waals surface area contributed by atoms with Crippen LogP contribution in [0.15, 0.2) is 18.2 Å². The molecule has 3 N–H and O–H groups in total. The molecule has 30 heavy (non-hydrogen) atoms. The van der Waals surface area contributed by atoms with Crippen LogP contribution in [-0.2, 0) is 14.3 Å². The number of hydrogen-bond acceptors (Lipinski definition) is 7. The molecule has 2 saturated heterocycles. The predicted molar refractivity (Wildman–Crippen MR) is 108 cm³/mol. The summed E-state index contributed by atoms with van der Waals surface area (Å²) in [6, 6.07) is 4.11. The van der Waals surface area contributed by atoms with E-state index in [0.29, 0.717) is 13.2 Å². The molecule has 3 aliphatic rings. The highest BCUT2D eigenvalue weighted by molar-refractivity contribution is 6.23. The molecule has 0 bridgehead atoms. The largest absolute Gasteiger partial charge is 0.384 e. The van der Waals surface area contributed by atoms with E-state index in [1.165, 1.54) is 0 Å². The van der Waals surface area contributed by atoms with Gasteiger partial charge in [-0.25, -0.2) is 0 Å². The molecule has 3 aliphatic heterocycles. The van der Waals surface area contributed by atoms with Crippen molar-refractivity contribution >= 4 is 29.3 Å². The van der Waals surface area contributed by atoms with Crippen molar-refractivity contribution in [3.63, 3.8) is 0 Å². The highest BCUT2D eigenvalue weighted by Crippen LogP contribution is 2.32. The monoisotopic (exact) mass is 414 g/mol. The van der Waals surface area contributed by atoms with Gasteiger partial charge in [0.2, 0.25) is 11.8 Å². The minimum Gasteiger partial charge on any atom is -0.384 e. The maximum absolute atomic E-state index is 12.9. The van der Waals surface area contributed by atoms with E-state index in [1.54, 1.807) is 25.3 Å². The van der Waals surface area contributed by atoms with Gasteiger partial charge in [-0.1, -0.05) is 0 Å². The maximum atomic E-state index is 12.9. The average Bonchev–Trinajstić information content (AvgIpc) is 2.98. The summed E-state index contributed by atoms with van der Waals surface area (Å²) in [5.41, 5.74) is 1.32. The van der Waals surface area contributed by atoms with Crippen molar-refractivity contribution in [1.82, 2.24) is 15.5 Å². The first-order chi connectivity index (χ1) is 14.4. The van der Waals surface area contributed by atoms with Gasteiger partial charge in [-0.05, 0) is 50.6 Å². The van der Waals surface area contributed by atoms with E-state index >= 15 is 0 Å². The zero-order valence-corrected chi connectivity index (χ0v) is 17.0. The SMILES string of the molecule is COCC1(CNc2ccc3c(c2)C(=O)N(C2CCC(=O)NC2=O)C3=O)CCNCC1. The minimum atomic E-state index is -0.953. The number of piperidine rings is 2. The second kappa shape index (κ2) is 8.16. The van der Waals surface area contributed by atoms with Crippen LogP contribution in [0.5, 0.6) is 0 Å². The van der Waals surface area contributed by atoms with Crippen LogP contribution in [0.2, 0.25) is 0 Å². The van der Waals surface area contributed by atoms with E-state index in [-0.39, 0.29) is 35.3 Å². The summed E-state index contributed by atoms with van der Waals surface area (Å²) >= 11 is 0. The van der Waals surface area contributed by atoms with Gasteiger partial charge in [0.05, 0.1) is 17.7 Å². The van der Waals surface area contributed by atoms with Crippen LogP contribution < -0.4 is 16.0 Å². The number of carbonyl (C=O) groups excluding carboxylic acids is 4. The number of methoxy groups -OCH3 is 1. The van der Waals surface area contributed by atoms with Crippen molar-refractivity contribution in [3.8, 4) is 0 Å². The molecule has 0 spiro atoms. The molecule has 0 aliphatic carbocycles. The summed E-state index contributed by atoms with van der Waals surface area (Å²) in [7, 11) is 1.70. The molecule has 2 fully saturated rings. The molecular weight excluding hydrogens is 388 g/mol. The van der Waals surface area contributed by atoms with Gasteiger partial charge in [0.25, 0.3) is 11.8 Å². The van der Waals surface area contributed by atoms with Crippen LogP contribution in [0.25, 0.3) is 0 Å². The Morgan fingerprint density at radius 1 is 1.13 bits per heavy atom. The molecule has 9 nitrogen and oxygen atoms in total. The fraction of sp³-hybridized carbons (Fsp3) is 0.524. The van der Waals surface area contributed by atoms with Crippen LogP contribution >= 0.6 is 0 Å². The van der Waals surface area contributed by atoms with Crippen LogP contribution in [0.4, 0.5) is 5.69 Å². The Bertz CT molecular complexity index is 888. The standard InChI is InChI=1S/C21H26N4O5/c1-30-12-21(6-8-22-9-7-21)11-23-13-2-3-14-15(10-13)20(29)25(19(14)28)16-4-5-17(26)24-18(16)27/h2-3,10,16,22-23H,4-9,11-12H2,1H3,(H,24,26,27). The van der Waals surface area contributed by atoms with Crippen molar-refractivity contribution in [1.29, 1.82) is 0 Å². The fourth-order valence-corrected chi connectivity index (χ4v) is 4.51. The van der Waals surface area contributed by atoms with E-state index < -0.39 is 23.8 Å². The van der Waals surface area contributed by atoms with E-state index in [1.807, 2.05) is 0 Å². The Kier molecular flexibility index (Phi) is 5.57. The Morgan fingerprint density at radius 3 is 2.57 bits per heavy atom. The molecule has 4 amide bonds. The molecule has 3 heterocycles. The average molecular weight is 414 g/mol. The van der Waals surface area contributed by atoms with E-state index in [9.17, 15) is 19.2 Å². The molecule has 1 aromatic carbocycles. The highest BCUT2D eigenvalue weighted by Gasteiger charge is 2.44. The number of rotatable bonds is 6. The quantitative estimate of drug-likeness (QED) is 0.581. The lowest BCUT2D eigenvalue weighted by atomic mass is 9.79. The maximum Gasteiger partial charge on any atom is 0.262 e. The number of anilines is 1. The normalized spacial score (nSPS) is 23.4. The zero-order valence-electron chi connectivity index (χ0n) is 17.0. The van der Waals surface area contributed by atoms with Gasteiger partial charge in [0, 0.05) is 31.2 Å². The van der Waals surface area contributed by atoms with Gasteiger partial charge < -0.3 is 15.4 Å². The number of amides is 4. The third-order valence-electron chi connectivity index (χ3n) is 6.22. The number of nitrogens with one attached hydrogen (secondary N) is 3. The number of carbonyl (C=O) groups is 4. The van der Waals surface area contributed by atoms with E-state index in [2.05, 4.69) is 16.0 Å². The highest BCUT2D eigenvalue weighted by atomic mass is 16.5. The summed E-state index contributed by atoms with van der Waals surface area (Å²) in [4.78, 5) is 50.3. The number of nitrogens with zero attached hydrogens (tertiary/aromatic N) is 1. The van der Waals surface area contributed by atoms with Gasteiger partial charge in [0.1, 0.15) is 6.04 Å². The number of ether oxygens (including phenoxy) is 1. The van der Waals surface area contributed by atoms with Crippen molar-refractivity contribution in [2.45, 2.75) is 31.7 Å². The van der Waals surface area contributed by atoms with Crippen LogP contribution in [0, 0.1) is 5.41 Å². The third kappa shape index (κ3) is 3.70. The minimum absolute atomic E-state index is 0.0115. The summed E-state index contributed by atoms with van der Waals surface area (Å²) in [6.07, 6.45) is 2.22. The summed E-state index contributed by atoms with van der Waals surface area (Å²) < 4.78 is 5.44. The van der Waals surface area contributed by atoms with Crippen LogP contribution in [-0.4, -0.2) is 67.9 Å². The fourth-order valence-electron chi connectivity index (χ4n) is 4.51. The molecule has 0 aromatic heterocycles. The number of imide groups is 2. The summed E-state index contributed by atoms with van der Waals surface area (Å²) in [5, 5.41) is 8.96. The Hall–Kier alpha value is -2.78. The second-order valence-electron chi connectivity index (χ2n) is 8.24. The zero-order chi connectivity index (χ0) is 21.3. The first-order valence-corrected chi connectivity index (χ1v) is 10.2. The lowest BCUT2D eigenvalue weighted by Gasteiger charge is -2.37. The molecule has 0 saturated carbocycles. The lowest BCUT2D eigenvalue weighted by molar-refractivity contribution is -0.136. The van der Waals surface area contributed by atoms with Crippen molar-refractivity contribution in [2.75, 3.05) is 38.7 Å². The van der Waals surface area contributed by atoms with Crippen molar-refractivity contribution in [2.24, 2.45) is 5.41 Å². The molecule has 0 radical (unpaired) electrons. The Balaban J connectivity index is 1.50. The molecule has 1 atom stereocenters. The van der Waals surface area contributed by atoms with Crippen molar-refractivity contribution in [3.05, 3.63) is 29.3 Å². The predicted octanol–water partition coefficient (Wildman–Crippen LogP) is 0.516. The molecule has 1 aromatic rings. The van der Waals surface area contributed by atoms with Crippen molar-refractivity contribution < 1.29 is 23.9 Å². The molecular formula is C21H26N4O5. The van der Waals surface area contributed by atoms with Gasteiger partial charge in [-0.3, -0.25) is 29.4 Å². The third-order valence-corrected chi connectivity index (χ3v) is 6.22. The summed E-state index contributed by atoms with van der Waals surface area (Å²) in [6.45, 7) is 3.21. The van der Waals surface area contributed by atoms with Crippen LogP contribution in [0.1, 0.15) is 46.4 Å². The number of benzene rings is 1. The van der Waals surface area contributed by atoms with Gasteiger partial charge in [0.15, 0.2) is 0 Å². The number of fused-ring (bicyclic) bond motifs is 1. The first kappa shape index (κ1) is 20.5. The lowest BCUT2D eigenvalue weighted by Crippen LogP contribution is -2.54. The van der Waals surface area contributed by atoms with Gasteiger partial charge >= 0.3 is 0 Å².